The second-order valence-corrected chi connectivity index (χ2v) is 8.58. The first kappa shape index (κ1) is 22.8. The lowest BCUT2D eigenvalue weighted by Gasteiger charge is -2.27. The van der Waals surface area contributed by atoms with Crippen molar-refractivity contribution in [1.82, 2.24) is 5.32 Å². The molecule has 1 saturated heterocycles. The van der Waals surface area contributed by atoms with Crippen LogP contribution in [0.5, 0.6) is 5.75 Å². The summed E-state index contributed by atoms with van der Waals surface area (Å²) in [4.78, 5) is 39.0. The van der Waals surface area contributed by atoms with Gasteiger partial charge in [-0.1, -0.05) is 43.1 Å². The molecule has 1 aliphatic rings. The quantitative estimate of drug-likeness (QED) is 0.484. The summed E-state index contributed by atoms with van der Waals surface area (Å²) in [6.07, 6.45) is 1.34. The van der Waals surface area contributed by atoms with Crippen molar-refractivity contribution < 1.29 is 19.1 Å². The van der Waals surface area contributed by atoms with Crippen LogP contribution in [0.3, 0.4) is 0 Å². The predicted octanol–water partition coefficient (Wildman–Crippen LogP) is 5.31. The molecule has 0 aliphatic carbocycles. The molecular formula is C23H22Cl2N2O4. The van der Waals surface area contributed by atoms with Crippen LogP contribution in [0.15, 0.2) is 35.9 Å². The Hall–Kier alpha value is -2.83. The smallest absolute Gasteiger partial charge is 0.335 e. The van der Waals surface area contributed by atoms with E-state index in [0.29, 0.717) is 28.6 Å². The van der Waals surface area contributed by atoms with E-state index in [2.05, 4.69) is 5.32 Å². The average Bonchev–Trinajstić information content (AvgIpc) is 2.66. The van der Waals surface area contributed by atoms with Gasteiger partial charge in [-0.25, -0.2) is 9.69 Å². The predicted molar refractivity (Wildman–Crippen MR) is 122 cm³/mol. The zero-order chi connectivity index (χ0) is 22.9. The lowest BCUT2D eigenvalue weighted by molar-refractivity contribution is -0.122. The normalized spacial score (nSPS) is 15.6. The van der Waals surface area contributed by atoms with Gasteiger partial charge in [0.15, 0.2) is 0 Å². The molecule has 3 rings (SSSR count). The van der Waals surface area contributed by atoms with Crippen molar-refractivity contribution >= 4 is 52.8 Å². The molecule has 8 heteroatoms. The number of benzene rings is 2. The van der Waals surface area contributed by atoms with Crippen LogP contribution in [-0.4, -0.2) is 24.5 Å². The van der Waals surface area contributed by atoms with Crippen molar-refractivity contribution in [3.05, 3.63) is 62.6 Å². The van der Waals surface area contributed by atoms with Crippen LogP contribution in [0.25, 0.3) is 6.08 Å². The molecule has 162 valence electrons. The molecule has 2 aromatic carbocycles. The second-order valence-electron chi connectivity index (χ2n) is 7.74. The minimum Gasteiger partial charge on any atom is -0.491 e. The maximum absolute atomic E-state index is 13.2. The number of amides is 4. The molecule has 1 heterocycles. The summed E-state index contributed by atoms with van der Waals surface area (Å²) in [6.45, 7) is 8.14. The first-order valence-electron chi connectivity index (χ1n) is 9.69. The van der Waals surface area contributed by atoms with E-state index < -0.39 is 17.8 Å². The molecular weight excluding hydrogens is 439 g/mol. The van der Waals surface area contributed by atoms with E-state index in [-0.39, 0.29) is 16.5 Å². The summed E-state index contributed by atoms with van der Waals surface area (Å²) < 4.78 is 5.80. The number of carbonyl (C=O) groups excluding carboxylic acids is 3. The number of nitrogens with zero attached hydrogens (tertiary/aromatic N) is 1. The Balaban J connectivity index is 2.07. The van der Waals surface area contributed by atoms with Gasteiger partial charge in [0.1, 0.15) is 11.3 Å². The maximum Gasteiger partial charge on any atom is 0.335 e. The van der Waals surface area contributed by atoms with E-state index in [1.165, 1.54) is 12.1 Å². The van der Waals surface area contributed by atoms with Crippen molar-refractivity contribution in [3.8, 4) is 5.75 Å². The Labute approximate surface area is 190 Å². The average molecular weight is 461 g/mol. The number of hydrogen-bond donors (Lipinski definition) is 1. The Bertz CT molecular complexity index is 1110. The topological polar surface area (TPSA) is 75.7 Å². The zero-order valence-electron chi connectivity index (χ0n) is 17.6. The summed E-state index contributed by atoms with van der Waals surface area (Å²) in [5.41, 5.74) is 2.42. The number of hydrogen-bond acceptors (Lipinski definition) is 4. The van der Waals surface area contributed by atoms with E-state index in [1.807, 2.05) is 27.7 Å². The fourth-order valence-electron chi connectivity index (χ4n) is 3.00. The van der Waals surface area contributed by atoms with E-state index in [1.54, 1.807) is 24.3 Å². The second kappa shape index (κ2) is 9.12. The Kier molecular flexibility index (Phi) is 6.72. The van der Waals surface area contributed by atoms with Gasteiger partial charge >= 0.3 is 6.03 Å². The zero-order valence-corrected chi connectivity index (χ0v) is 19.1. The third kappa shape index (κ3) is 4.92. The number of barbiturate groups is 1. The monoisotopic (exact) mass is 460 g/mol. The minimum absolute atomic E-state index is 0.227. The lowest BCUT2D eigenvalue weighted by Crippen LogP contribution is -2.54. The molecule has 4 amide bonds. The van der Waals surface area contributed by atoms with Crippen LogP contribution in [0.2, 0.25) is 10.0 Å². The van der Waals surface area contributed by atoms with Crippen molar-refractivity contribution in [3.63, 3.8) is 0 Å². The van der Waals surface area contributed by atoms with Crippen LogP contribution in [0, 0.1) is 19.8 Å². The molecule has 1 N–H and O–H groups in total. The minimum atomic E-state index is -0.809. The number of urea groups is 1. The van der Waals surface area contributed by atoms with E-state index in [9.17, 15) is 14.4 Å². The molecule has 0 unspecified atom stereocenters. The van der Waals surface area contributed by atoms with Crippen LogP contribution < -0.4 is 15.0 Å². The molecule has 0 radical (unpaired) electrons. The van der Waals surface area contributed by atoms with Crippen LogP contribution in [-0.2, 0) is 9.59 Å². The highest BCUT2D eigenvalue weighted by molar-refractivity contribution is 6.40. The van der Waals surface area contributed by atoms with Gasteiger partial charge in [0.2, 0.25) is 0 Å². The van der Waals surface area contributed by atoms with Gasteiger partial charge < -0.3 is 4.74 Å². The summed E-state index contributed by atoms with van der Waals surface area (Å²) >= 11 is 12.4. The number of carbonyl (C=O) groups is 3. The van der Waals surface area contributed by atoms with Gasteiger partial charge in [0.25, 0.3) is 11.8 Å². The third-order valence-electron chi connectivity index (χ3n) is 4.75. The van der Waals surface area contributed by atoms with Crippen LogP contribution >= 0.6 is 23.2 Å². The van der Waals surface area contributed by atoms with Gasteiger partial charge in [0, 0.05) is 10.6 Å². The summed E-state index contributed by atoms with van der Waals surface area (Å²) in [5.74, 6) is -1.02. The van der Waals surface area contributed by atoms with Gasteiger partial charge in [-0.05, 0) is 61.2 Å². The lowest BCUT2D eigenvalue weighted by atomic mass is 10.0. The van der Waals surface area contributed by atoms with E-state index in [4.69, 9.17) is 27.9 Å². The molecule has 6 nitrogen and oxygen atoms in total. The molecule has 0 saturated carbocycles. The Morgan fingerprint density at radius 3 is 2.42 bits per heavy atom. The van der Waals surface area contributed by atoms with Crippen molar-refractivity contribution in [2.45, 2.75) is 27.7 Å². The number of rotatable bonds is 5. The third-order valence-corrected chi connectivity index (χ3v) is 5.25. The largest absolute Gasteiger partial charge is 0.491 e. The summed E-state index contributed by atoms with van der Waals surface area (Å²) in [5, 5.41) is 2.79. The highest BCUT2D eigenvalue weighted by Crippen LogP contribution is 2.35. The number of imide groups is 2. The molecule has 1 aliphatic heterocycles. The van der Waals surface area contributed by atoms with Gasteiger partial charge in [-0.15, -0.1) is 0 Å². The maximum atomic E-state index is 13.2. The van der Waals surface area contributed by atoms with Gasteiger partial charge in [-0.3, -0.25) is 14.9 Å². The summed E-state index contributed by atoms with van der Waals surface area (Å²) in [7, 11) is 0. The molecule has 0 atom stereocenters. The fourth-order valence-corrected chi connectivity index (χ4v) is 3.57. The molecule has 31 heavy (non-hydrogen) atoms. The summed E-state index contributed by atoms with van der Waals surface area (Å²) in [6, 6.07) is 7.44. The molecule has 0 spiro atoms. The Morgan fingerprint density at radius 1 is 1.06 bits per heavy atom. The number of ether oxygens (including phenoxy) is 1. The molecule has 1 fully saturated rings. The number of halogens is 2. The SMILES string of the molecule is Cc1ccc(N2C(=O)NC(=O)/C(=C\c3cc(Cl)cc(Cl)c3OCC(C)C)C2=O)cc1C. The van der Waals surface area contributed by atoms with Crippen LogP contribution in [0.4, 0.5) is 10.5 Å². The van der Waals surface area contributed by atoms with Gasteiger partial charge in [0.05, 0.1) is 17.3 Å². The fraction of sp³-hybridized carbons (Fsp3) is 0.261. The Morgan fingerprint density at radius 2 is 1.77 bits per heavy atom. The first-order chi connectivity index (χ1) is 14.6. The number of aryl methyl sites for hydroxylation is 2. The van der Waals surface area contributed by atoms with E-state index >= 15 is 0 Å². The van der Waals surface area contributed by atoms with Crippen molar-refractivity contribution in [2.24, 2.45) is 5.92 Å². The molecule has 0 bridgehead atoms. The first-order valence-corrected chi connectivity index (χ1v) is 10.4. The number of nitrogens with one attached hydrogen (secondary N) is 1. The van der Waals surface area contributed by atoms with Crippen molar-refractivity contribution in [2.75, 3.05) is 11.5 Å². The highest BCUT2D eigenvalue weighted by atomic mass is 35.5. The van der Waals surface area contributed by atoms with E-state index in [0.717, 1.165) is 16.0 Å². The highest BCUT2D eigenvalue weighted by Gasteiger charge is 2.37. The molecule has 0 aromatic heterocycles. The van der Waals surface area contributed by atoms with Crippen LogP contribution in [0.1, 0.15) is 30.5 Å². The standard InChI is InChI=1S/C23H22Cl2N2O4/c1-12(2)11-31-20-15(8-16(24)10-19(20)25)9-18-21(28)26-23(30)27(22(18)29)17-6-5-13(3)14(4)7-17/h5-10,12H,11H2,1-4H3,(H,26,28,30)/b18-9+. The van der Waals surface area contributed by atoms with Gasteiger partial charge in [-0.2, -0.15) is 0 Å². The molecule has 2 aromatic rings. The van der Waals surface area contributed by atoms with Crippen molar-refractivity contribution in [1.29, 1.82) is 0 Å². The number of anilines is 1.